The Morgan fingerprint density at radius 2 is 1.07 bits per heavy atom. The maximum atomic E-state index is 12.9. The molecule has 2 fully saturated rings. The van der Waals surface area contributed by atoms with Crippen LogP contribution in [0.5, 0.6) is 0 Å². The van der Waals surface area contributed by atoms with Crippen molar-refractivity contribution in [3.05, 3.63) is 0 Å². The summed E-state index contributed by atoms with van der Waals surface area (Å²) in [6.45, 7) is 4.31. The molecule has 4 nitrogen and oxygen atoms in total. The quantitative estimate of drug-likeness (QED) is 0.341. The number of hydrogen-bond donors (Lipinski definition) is 0. The molecular formula is C22H40O4Sn. The Morgan fingerprint density at radius 3 is 1.41 bits per heavy atom. The fourth-order valence-corrected chi connectivity index (χ4v) is 14.6. The van der Waals surface area contributed by atoms with Gasteiger partial charge in [0.05, 0.1) is 0 Å². The minimum atomic E-state index is -3.74. The molecule has 0 amide bonds. The van der Waals surface area contributed by atoms with Crippen molar-refractivity contribution in [1.82, 2.24) is 0 Å². The van der Waals surface area contributed by atoms with E-state index in [4.69, 9.17) is 6.15 Å². The van der Waals surface area contributed by atoms with Crippen molar-refractivity contribution in [3.8, 4) is 0 Å². The van der Waals surface area contributed by atoms with Gasteiger partial charge in [0.15, 0.2) is 0 Å². The zero-order valence-electron chi connectivity index (χ0n) is 17.6. The molecule has 0 radical (unpaired) electrons. The average molecular weight is 487 g/mol. The predicted molar refractivity (Wildman–Crippen MR) is 111 cm³/mol. The molecule has 0 saturated heterocycles. The van der Waals surface area contributed by atoms with Crippen molar-refractivity contribution in [1.29, 1.82) is 0 Å². The Kier molecular flexibility index (Phi) is 10.5. The molecule has 0 atom stereocenters. The summed E-state index contributed by atoms with van der Waals surface area (Å²) in [7, 11) is 0. The summed E-state index contributed by atoms with van der Waals surface area (Å²) in [6, 6.07) is 0. The Bertz CT molecular complexity index is 411. The van der Waals surface area contributed by atoms with E-state index in [1.807, 2.05) is 0 Å². The van der Waals surface area contributed by atoms with Crippen LogP contribution in [0.2, 0.25) is 8.87 Å². The summed E-state index contributed by atoms with van der Waals surface area (Å²) in [5.41, 5.74) is 0. The number of carbonyl (C=O) groups is 2. The standard InChI is InChI=1S/2C7H12O2.2C4H9.Sn/c2*8-7(9)6-4-2-1-3-5-6;2*1-3-4-2;/h2*6H,1-5H2,(H,8,9);2*1,3-4H2,2H3;/q;;;;+2/p-2. The van der Waals surface area contributed by atoms with E-state index in [-0.39, 0.29) is 23.8 Å². The molecule has 156 valence electrons. The average Bonchev–Trinajstić information content (AvgIpc) is 2.72. The molecule has 2 saturated carbocycles. The van der Waals surface area contributed by atoms with Gasteiger partial charge in [-0.2, -0.15) is 0 Å². The van der Waals surface area contributed by atoms with Crippen molar-refractivity contribution in [2.75, 3.05) is 0 Å². The summed E-state index contributed by atoms with van der Waals surface area (Å²) in [5, 5.41) is 0. The van der Waals surface area contributed by atoms with Crippen molar-refractivity contribution < 1.29 is 15.7 Å². The van der Waals surface area contributed by atoms with Crippen molar-refractivity contribution in [2.24, 2.45) is 11.8 Å². The van der Waals surface area contributed by atoms with E-state index in [0.717, 1.165) is 85.9 Å². The summed E-state index contributed by atoms with van der Waals surface area (Å²) >= 11 is -3.74. The van der Waals surface area contributed by atoms with Gasteiger partial charge in [-0.05, 0) is 0 Å². The van der Waals surface area contributed by atoms with Gasteiger partial charge in [-0.25, -0.2) is 0 Å². The van der Waals surface area contributed by atoms with Gasteiger partial charge in [-0.1, -0.05) is 0 Å². The second-order valence-corrected chi connectivity index (χ2v) is 17.8. The van der Waals surface area contributed by atoms with Gasteiger partial charge >= 0.3 is 171 Å². The number of rotatable bonds is 10. The molecule has 0 spiro atoms. The maximum absolute atomic E-state index is 12.9. The molecule has 5 heteroatoms. The van der Waals surface area contributed by atoms with E-state index in [2.05, 4.69) is 13.8 Å². The number of carbonyl (C=O) groups excluding carboxylic acids is 2. The van der Waals surface area contributed by atoms with Gasteiger partial charge in [0.1, 0.15) is 0 Å². The number of hydrogen-bond acceptors (Lipinski definition) is 4. The Hall–Kier alpha value is -0.261. The second-order valence-electron chi connectivity index (χ2n) is 8.63. The van der Waals surface area contributed by atoms with Crippen molar-refractivity contribution >= 4 is 31.1 Å². The van der Waals surface area contributed by atoms with E-state index in [9.17, 15) is 9.59 Å². The molecule has 0 unspecified atom stereocenters. The van der Waals surface area contributed by atoms with Crippen LogP contribution in [0.4, 0.5) is 0 Å². The van der Waals surface area contributed by atoms with E-state index in [0.29, 0.717) is 0 Å². The first-order chi connectivity index (χ1) is 13.1. The van der Waals surface area contributed by atoms with Crippen LogP contribution in [0.15, 0.2) is 0 Å². The van der Waals surface area contributed by atoms with E-state index in [1.54, 1.807) is 0 Å². The SMILES string of the molecule is CCC[CH2][Sn]([CH2]CCC)([O]C(=O)C1CCCCC1)[O]C(=O)C1CCCCC1. The molecule has 0 bridgehead atoms. The first kappa shape index (κ1) is 23.0. The van der Waals surface area contributed by atoms with Gasteiger partial charge in [0, 0.05) is 0 Å². The van der Waals surface area contributed by atoms with Gasteiger partial charge in [-0.3, -0.25) is 0 Å². The number of unbranched alkanes of at least 4 members (excludes halogenated alkanes) is 2. The van der Waals surface area contributed by atoms with Crippen LogP contribution in [0.1, 0.15) is 104 Å². The van der Waals surface area contributed by atoms with E-state index < -0.39 is 19.2 Å². The van der Waals surface area contributed by atoms with Crippen molar-refractivity contribution in [3.63, 3.8) is 0 Å². The van der Waals surface area contributed by atoms with Crippen LogP contribution in [0.3, 0.4) is 0 Å². The Morgan fingerprint density at radius 1 is 0.704 bits per heavy atom. The van der Waals surface area contributed by atoms with Crippen LogP contribution in [0.25, 0.3) is 0 Å². The van der Waals surface area contributed by atoms with Crippen LogP contribution in [-0.2, 0) is 15.7 Å². The summed E-state index contributed by atoms with van der Waals surface area (Å²) < 4.78 is 14.2. The fourth-order valence-electron chi connectivity index (χ4n) is 4.45. The van der Waals surface area contributed by atoms with Crippen LogP contribution < -0.4 is 0 Å². The van der Waals surface area contributed by atoms with Crippen molar-refractivity contribution in [2.45, 2.75) is 113 Å². The van der Waals surface area contributed by atoms with Crippen LogP contribution in [0, 0.1) is 11.8 Å². The molecule has 2 aliphatic carbocycles. The molecular weight excluding hydrogens is 447 g/mol. The third kappa shape index (κ3) is 7.58. The zero-order valence-corrected chi connectivity index (χ0v) is 20.5. The van der Waals surface area contributed by atoms with E-state index in [1.165, 1.54) is 12.8 Å². The van der Waals surface area contributed by atoms with Gasteiger partial charge in [-0.15, -0.1) is 0 Å². The molecule has 0 aromatic rings. The summed E-state index contributed by atoms with van der Waals surface area (Å²) in [6.07, 6.45) is 14.8. The monoisotopic (exact) mass is 488 g/mol. The third-order valence-corrected chi connectivity index (χ3v) is 15.9. The molecule has 27 heavy (non-hydrogen) atoms. The molecule has 0 heterocycles. The predicted octanol–water partition coefficient (Wildman–Crippen LogP) is 6.28. The fraction of sp³-hybridized carbons (Fsp3) is 0.909. The minimum absolute atomic E-state index is 0.0338. The van der Waals surface area contributed by atoms with Gasteiger partial charge < -0.3 is 0 Å². The van der Waals surface area contributed by atoms with Gasteiger partial charge in [0.25, 0.3) is 0 Å². The topological polar surface area (TPSA) is 52.6 Å². The second kappa shape index (κ2) is 12.3. The summed E-state index contributed by atoms with van der Waals surface area (Å²) in [4.78, 5) is 25.9. The van der Waals surface area contributed by atoms with Crippen LogP contribution in [-0.4, -0.2) is 31.1 Å². The summed E-state index contributed by atoms with van der Waals surface area (Å²) in [5.74, 6) is -0.0266. The third-order valence-electron chi connectivity index (χ3n) is 6.27. The first-order valence-corrected chi connectivity index (χ1v) is 17.9. The van der Waals surface area contributed by atoms with Crippen LogP contribution >= 0.6 is 0 Å². The molecule has 0 aliphatic heterocycles. The molecule has 0 aromatic carbocycles. The first-order valence-electron chi connectivity index (χ1n) is 11.6. The molecule has 2 aliphatic rings. The molecule has 0 aromatic heterocycles. The Balaban J connectivity index is 2.10. The zero-order chi connectivity index (χ0) is 19.5. The molecule has 2 rings (SSSR count). The molecule has 0 N–H and O–H groups in total. The normalized spacial score (nSPS) is 19.6. The van der Waals surface area contributed by atoms with E-state index >= 15 is 0 Å². The Labute approximate surface area is 171 Å². The van der Waals surface area contributed by atoms with Gasteiger partial charge in [0.2, 0.25) is 0 Å².